The lowest BCUT2D eigenvalue weighted by Crippen LogP contribution is -2.36. The lowest BCUT2D eigenvalue weighted by molar-refractivity contribution is 0.123. The molecule has 2 heterocycles. The number of ether oxygens (including phenoxy) is 1. The number of hydrogen-bond donors (Lipinski definition) is 1. The van der Waals surface area contributed by atoms with Crippen LogP contribution in [0.4, 0.5) is 11.4 Å². The summed E-state index contributed by atoms with van der Waals surface area (Å²) in [7, 11) is 0. The Bertz CT molecular complexity index is 321. The SMILES string of the molecule is Cc1nccc(N2CCOCC2)c1N. The van der Waals surface area contributed by atoms with Gasteiger partial charge in [-0.15, -0.1) is 0 Å². The third-order valence-electron chi connectivity index (χ3n) is 2.52. The summed E-state index contributed by atoms with van der Waals surface area (Å²) in [5.74, 6) is 0. The molecule has 1 saturated heterocycles. The molecule has 14 heavy (non-hydrogen) atoms. The molecule has 0 saturated carbocycles. The van der Waals surface area contributed by atoms with E-state index in [0.29, 0.717) is 0 Å². The smallest absolute Gasteiger partial charge is 0.0768 e. The van der Waals surface area contributed by atoms with E-state index >= 15 is 0 Å². The molecule has 1 aromatic rings. The highest BCUT2D eigenvalue weighted by atomic mass is 16.5. The molecule has 0 spiro atoms. The van der Waals surface area contributed by atoms with Crippen LogP contribution in [0, 0.1) is 6.92 Å². The minimum Gasteiger partial charge on any atom is -0.396 e. The van der Waals surface area contributed by atoms with Crippen molar-refractivity contribution in [2.45, 2.75) is 6.92 Å². The summed E-state index contributed by atoms with van der Waals surface area (Å²) in [6.45, 7) is 5.31. The van der Waals surface area contributed by atoms with Crippen molar-refractivity contribution in [3.63, 3.8) is 0 Å². The van der Waals surface area contributed by atoms with E-state index in [0.717, 1.165) is 43.4 Å². The van der Waals surface area contributed by atoms with Crippen molar-refractivity contribution in [3.8, 4) is 0 Å². The highest BCUT2D eigenvalue weighted by Gasteiger charge is 2.14. The van der Waals surface area contributed by atoms with Crippen molar-refractivity contribution in [1.29, 1.82) is 0 Å². The Balaban J connectivity index is 2.26. The topological polar surface area (TPSA) is 51.4 Å². The van der Waals surface area contributed by atoms with Gasteiger partial charge in [0.05, 0.1) is 30.3 Å². The van der Waals surface area contributed by atoms with Crippen molar-refractivity contribution >= 4 is 11.4 Å². The molecule has 1 aromatic heterocycles. The van der Waals surface area contributed by atoms with Gasteiger partial charge in [-0.1, -0.05) is 0 Å². The second kappa shape index (κ2) is 3.84. The number of aromatic nitrogens is 1. The summed E-state index contributed by atoms with van der Waals surface area (Å²) in [4.78, 5) is 6.39. The number of anilines is 2. The van der Waals surface area contributed by atoms with Crippen LogP contribution in [-0.4, -0.2) is 31.3 Å². The average molecular weight is 193 g/mol. The predicted molar refractivity (Wildman–Crippen MR) is 56.4 cm³/mol. The number of nitrogen functional groups attached to an aromatic ring is 1. The third-order valence-corrected chi connectivity index (χ3v) is 2.52. The van der Waals surface area contributed by atoms with Crippen molar-refractivity contribution < 1.29 is 4.74 Å². The standard InChI is InChI=1S/C10H15N3O/c1-8-10(11)9(2-3-12-8)13-4-6-14-7-5-13/h2-3H,4-7,11H2,1H3. The normalized spacial score (nSPS) is 17.1. The fraction of sp³-hybridized carbons (Fsp3) is 0.500. The highest BCUT2D eigenvalue weighted by Crippen LogP contribution is 2.24. The molecule has 0 amide bonds. The van der Waals surface area contributed by atoms with Crippen LogP contribution in [0.3, 0.4) is 0 Å². The van der Waals surface area contributed by atoms with Gasteiger partial charge in [0.1, 0.15) is 0 Å². The summed E-state index contributed by atoms with van der Waals surface area (Å²) in [5.41, 5.74) is 8.74. The highest BCUT2D eigenvalue weighted by molar-refractivity contribution is 5.69. The van der Waals surface area contributed by atoms with E-state index in [1.54, 1.807) is 6.20 Å². The molecule has 0 aromatic carbocycles. The molecular weight excluding hydrogens is 178 g/mol. The molecule has 0 aliphatic carbocycles. The van der Waals surface area contributed by atoms with E-state index in [2.05, 4.69) is 9.88 Å². The van der Waals surface area contributed by atoms with Crippen LogP contribution in [0.25, 0.3) is 0 Å². The molecule has 0 atom stereocenters. The summed E-state index contributed by atoms with van der Waals surface area (Å²) in [6, 6.07) is 1.97. The van der Waals surface area contributed by atoms with Crippen LogP contribution < -0.4 is 10.6 Å². The average Bonchev–Trinajstić information content (AvgIpc) is 2.23. The van der Waals surface area contributed by atoms with E-state index in [-0.39, 0.29) is 0 Å². The van der Waals surface area contributed by atoms with Gasteiger partial charge in [-0.25, -0.2) is 0 Å². The van der Waals surface area contributed by atoms with E-state index in [9.17, 15) is 0 Å². The lowest BCUT2D eigenvalue weighted by Gasteiger charge is -2.29. The van der Waals surface area contributed by atoms with Gasteiger partial charge in [0.15, 0.2) is 0 Å². The number of rotatable bonds is 1. The molecule has 0 bridgehead atoms. The molecule has 1 aliphatic heterocycles. The van der Waals surface area contributed by atoms with Crippen LogP contribution in [0.2, 0.25) is 0 Å². The zero-order valence-electron chi connectivity index (χ0n) is 8.36. The first-order chi connectivity index (χ1) is 6.79. The molecule has 4 nitrogen and oxygen atoms in total. The van der Waals surface area contributed by atoms with Gasteiger partial charge in [0, 0.05) is 19.3 Å². The van der Waals surface area contributed by atoms with Crippen LogP contribution >= 0.6 is 0 Å². The Kier molecular flexibility index (Phi) is 2.54. The number of hydrogen-bond acceptors (Lipinski definition) is 4. The van der Waals surface area contributed by atoms with Crippen LogP contribution in [-0.2, 0) is 4.74 Å². The van der Waals surface area contributed by atoms with E-state index < -0.39 is 0 Å². The summed E-state index contributed by atoms with van der Waals surface area (Å²) in [6.07, 6.45) is 1.80. The molecule has 2 rings (SSSR count). The van der Waals surface area contributed by atoms with Gasteiger partial charge in [0.2, 0.25) is 0 Å². The van der Waals surface area contributed by atoms with Crippen molar-refractivity contribution in [2.75, 3.05) is 36.9 Å². The second-order valence-electron chi connectivity index (χ2n) is 3.43. The number of nitrogens with two attached hydrogens (primary N) is 1. The van der Waals surface area contributed by atoms with Gasteiger partial charge in [-0.2, -0.15) is 0 Å². The van der Waals surface area contributed by atoms with Gasteiger partial charge < -0.3 is 15.4 Å². The Labute approximate surface area is 83.7 Å². The zero-order valence-corrected chi connectivity index (χ0v) is 8.36. The molecule has 4 heteroatoms. The number of pyridine rings is 1. The largest absolute Gasteiger partial charge is 0.396 e. The van der Waals surface area contributed by atoms with Crippen LogP contribution in [0.1, 0.15) is 5.69 Å². The van der Waals surface area contributed by atoms with Gasteiger partial charge in [-0.3, -0.25) is 4.98 Å². The minimum atomic E-state index is 0.779. The predicted octanol–water partition coefficient (Wildman–Crippen LogP) is 0.809. The van der Waals surface area contributed by atoms with Crippen molar-refractivity contribution in [1.82, 2.24) is 4.98 Å². The first-order valence-electron chi connectivity index (χ1n) is 4.83. The van der Waals surface area contributed by atoms with Crippen molar-refractivity contribution in [3.05, 3.63) is 18.0 Å². The maximum atomic E-state index is 5.97. The Morgan fingerprint density at radius 2 is 2.14 bits per heavy atom. The number of nitrogens with zero attached hydrogens (tertiary/aromatic N) is 2. The molecule has 2 N–H and O–H groups in total. The maximum Gasteiger partial charge on any atom is 0.0768 e. The van der Waals surface area contributed by atoms with Crippen LogP contribution in [0.5, 0.6) is 0 Å². The quantitative estimate of drug-likeness (QED) is 0.717. The molecule has 0 radical (unpaired) electrons. The molecule has 76 valence electrons. The molecule has 1 aliphatic rings. The van der Waals surface area contributed by atoms with E-state index in [1.807, 2.05) is 13.0 Å². The maximum absolute atomic E-state index is 5.97. The van der Waals surface area contributed by atoms with Gasteiger partial charge in [-0.05, 0) is 13.0 Å². The Morgan fingerprint density at radius 1 is 1.43 bits per heavy atom. The van der Waals surface area contributed by atoms with Gasteiger partial charge in [0.25, 0.3) is 0 Å². The number of aryl methyl sites for hydroxylation is 1. The Morgan fingerprint density at radius 3 is 2.86 bits per heavy atom. The summed E-state index contributed by atoms with van der Waals surface area (Å²) >= 11 is 0. The van der Waals surface area contributed by atoms with Gasteiger partial charge >= 0.3 is 0 Å². The van der Waals surface area contributed by atoms with Crippen LogP contribution in [0.15, 0.2) is 12.3 Å². The Hall–Kier alpha value is -1.29. The fourth-order valence-electron chi connectivity index (χ4n) is 1.64. The molecular formula is C10H15N3O. The van der Waals surface area contributed by atoms with E-state index in [4.69, 9.17) is 10.5 Å². The first-order valence-corrected chi connectivity index (χ1v) is 4.83. The minimum absolute atomic E-state index is 0.779. The number of morpholine rings is 1. The summed E-state index contributed by atoms with van der Waals surface area (Å²) < 4.78 is 5.29. The summed E-state index contributed by atoms with van der Waals surface area (Å²) in [5, 5.41) is 0. The monoisotopic (exact) mass is 193 g/mol. The lowest BCUT2D eigenvalue weighted by atomic mass is 10.2. The fourth-order valence-corrected chi connectivity index (χ4v) is 1.64. The van der Waals surface area contributed by atoms with Crippen molar-refractivity contribution in [2.24, 2.45) is 0 Å². The molecule has 1 fully saturated rings. The third kappa shape index (κ3) is 1.65. The van der Waals surface area contributed by atoms with E-state index in [1.165, 1.54) is 0 Å². The molecule has 0 unspecified atom stereocenters. The first kappa shape index (κ1) is 9.27. The zero-order chi connectivity index (χ0) is 9.97. The second-order valence-corrected chi connectivity index (χ2v) is 3.43.